The Balaban J connectivity index is 2.05. The second-order valence-corrected chi connectivity index (χ2v) is 6.77. The molecule has 152 valence electrons. The van der Waals surface area contributed by atoms with E-state index in [2.05, 4.69) is 11.8 Å². The summed E-state index contributed by atoms with van der Waals surface area (Å²) >= 11 is 0. The predicted octanol–water partition coefficient (Wildman–Crippen LogP) is 2.72. The Morgan fingerprint density at radius 3 is 2.72 bits per heavy atom. The van der Waals surface area contributed by atoms with Crippen LogP contribution in [0.2, 0.25) is 0 Å². The topological polar surface area (TPSA) is 90.1 Å². The maximum Gasteiger partial charge on any atom is 0.267 e. The Morgan fingerprint density at radius 1 is 1.24 bits per heavy atom. The van der Waals surface area contributed by atoms with E-state index in [4.69, 9.17) is 10.2 Å². The van der Waals surface area contributed by atoms with E-state index in [0.29, 0.717) is 13.1 Å². The van der Waals surface area contributed by atoms with Crippen LogP contribution in [0.25, 0.3) is 23.0 Å². The average molecular weight is 394 g/mol. The number of pyridine rings is 1. The molecule has 1 amide bonds. The second-order valence-electron chi connectivity index (χ2n) is 6.77. The number of aliphatic hydroxyl groups is 1. The van der Waals surface area contributed by atoms with Crippen LogP contribution >= 0.6 is 0 Å². The monoisotopic (exact) mass is 394 g/mol. The number of nitrogens with one attached hydrogen (secondary N) is 1. The standard InChI is InChI=1S/C22H26N4O3/c1-2-11-25(13-14-27)16-19-22(18-6-4-3-5-7-18)23-20-15-17(10-12-26(19)20)8-9-21(28)24-29/h3-10,12,15,27,29H,2,11,13-14,16H2,1H3,(H,24,28)/b9-8+. The lowest BCUT2D eigenvalue weighted by Gasteiger charge is -2.21. The highest BCUT2D eigenvalue weighted by molar-refractivity contribution is 5.91. The summed E-state index contributed by atoms with van der Waals surface area (Å²) in [6, 6.07) is 13.8. The quantitative estimate of drug-likeness (QED) is 0.295. The first-order chi connectivity index (χ1) is 14.2. The molecule has 3 aromatic rings. The third-order valence-electron chi connectivity index (χ3n) is 4.66. The molecule has 0 fully saturated rings. The summed E-state index contributed by atoms with van der Waals surface area (Å²) in [7, 11) is 0. The zero-order chi connectivity index (χ0) is 20.6. The van der Waals surface area contributed by atoms with Crippen molar-refractivity contribution in [1.29, 1.82) is 0 Å². The normalized spacial score (nSPS) is 11.6. The van der Waals surface area contributed by atoms with Crippen molar-refractivity contribution in [3.8, 4) is 11.3 Å². The fourth-order valence-corrected chi connectivity index (χ4v) is 3.34. The molecule has 7 nitrogen and oxygen atoms in total. The van der Waals surface area contributed by atoms with Gasteiger partial charge in [-0.1, -0.05) is 37.3 Å². The Morgan fingerprint density at radius 2 is 2.03 bits per heavy atom. The summed E-state index contributed by atoms with van der Waals surface area (Å²) in [5.74, 6) is -0.585. The number of benzene rings is 1. The zero-order valence-corrected chi connectivity index (χ0v) is 16.5. The van der Waals surface area contributed by atoms with Gasteiger partial charge in [-0.15, -0.1) is 0 Å². The van der Waals surface area contributed by atoms with Crippen molar-refractivity contribution in [3.63, 3.8) is 0 Å². The van der Waals surface area contributed by atoms with Crippen molar-refractivity contribution in [2.45, 2.75) is 19.9 Å². The maximum absolute atomic E-state index is 11.2. The average Bonchev–Trinajstić information content (AvgIpc) is 3.10. The van der Waals surface area contributed by atoms with Crippen LogP contribution in [0, 0.1) is 0 Å². The van der Waals surface area contributed by atoms with Crippen molar-refractivity contribution in [2.75, 3.05) is 19.7 Å². The molecule has 2 heterocycles. The number of amides is 1. The van der Waals surface area contributed by atoms with Crippen molar-refractivity contribution in [2.24, 2.45) is 0 Å². The van der Waals surface area contributed by atoms with Crippen LogP contribution in [0.3, 0.4) is 0 Å². The molecule has 0 atom stereocenters. The number of rotatable bonds is 9. The van der Waals surface area contributed by atoms with E-state index in [1.54, 1.807) is 11.6 Å². The number of fused-ring (bicyclic) bond motifs is 1. The molecule has 29 heavy (non-hydrogen) atoms. The first kappa shape index (κ1) is 20.7. The predicted molar refractivity (Wildman–Crippen MR) is 112 cm³/mol. The third kappa shape index (κ3) is 5.08. The van der Waals surface area contributed by atoms with Crippen LogP contribution in [0.15, 0.2) is 54.7 Å². The summed E-state index contributed by atoms with van der Waals surface area (Å²) in [5.41, 5.74) is 6.14. The lowest BCUT2D eigenvalue weighted by Crippen LogP contribution is -2.28. The van der Waals surface area contributed by atoms with Gasteiger partial charge < -0.3 is 9.51 Å². The Hall–Kier alpha value is -3.00. The number of aliphatic hydroxyl groups excluding tert-OH is 1. The van der Waals surface area contributed by atoms with Gasteiger partial charge in [0.05, 0.1) is 18.0 Å². The van der Waals surface area contributed by atoms with Crippen LogP contribution < -0.4 is 5.48 Å². The smallest absolute Gasteiger partial charge is 0.267 e. The highest BCUT2D eigenvalue weighted by atomic mass is 16.5. The van der Waals surface area contributed by atoms with Crippen molar-refractivity contribution in [3.05, 3.63) is 66.0 Å². The van der Waals surface area contributed by atoms with Gasteiger partial charge in [-0.3, -0.25) is 14.9 Å². The fraction of sp³-hybridized carbons (Fsp3) is 0.273. The molecule has 0 saturated carbocycles. The molecule has 2 aromatic heterocycles. The van der Waals surface area contributed by atoms with Gasteiger partial charge in [0.2, 0.25) is 0 Å². The van der Waals surface area contributed by atoms with Crippen molar-refractivity contribution < 1.29 is 15.1 Å². The number of carbonyl (C=O) groups is 1. The minimum Gasteiger partial charge on any atom is -0.395 e. The molecule has 0 aliphatic carbocycles. The molecule has 0 radical (unpaired) electrons. The Kier molecular flexibility index (Phi) is 7.13. The fourth-order valence-electron chi connectivity index (χ4n) is 3.34. The van der Waals surface area contributed by atoms with Gasteiger partial charge in [0.1, 0.15) is 5.65 Å². The van der Waals surface area contributed by atoms with Gasteiger partial charge in [0.25, 0.3) is 5.91 Å². The minimum absolute atomic E-state index is 0.110. The second kappa shape index (κ2) is 9.97. The molecule has 0 saturated heterocycles. The van der Waals surface area contributed by atoms with Crippen LogP contribution in [0.5, 0.6) is 0 Å². The molecule has 0 aliphatic heterocycles. The van der Waals surface area contributed by atoms with Gasteiger partial charge in [-0.05, 0) is 36.7 Å². The molecule has 3 rings (SSSR count). The number of imidazole rings is 1. The molecule has 0 bridgehead atoms. The molecule has 1 aromatic carbocycles. The van der Waals surface area contributed by atoms with E-state index in [1.165, 1.54) is 6.08 Å². The van der Waals surface area contributed by atoms with E-state index in [0.717, 1.165) is 41.1 Å². The number of hydroxylamine groups is 1. The summed E-state index contributed by atoms with van der Waals surface area (Å²) in [4.78, 5) is 18.3. The first-order valence-corrected chi connectivity index (χ1v) is 9.68. The van der Waals surface area contributed by atoms with Gasteiger partial charge in [-0.2, -0.15) is 0 Å². The number of hydrogen-bond acceptors (Lipinski definition) is 5. The Labute approximate surface area is 169 Å². The lowest BCUT2D eigenvalue weighted by molar-refractivity contribution is -0.124. The largest absolute Gasteiger partial charge is 0.395 e. The molecule has 0 spiro atoms. The van der Waals surface area contributed by atoms with E-state index in [9.17, 15) is 9.90 Å². The third-order valence-corrected chi connectivity index (χ3v) is 4.66. The van der Waals surface area contributed by atoms with Crippen LogP contribution in [-0.2, 0) is 11.3 Å². The number of nitrogens with zero attached hydrogens (tertiary/aromatic N) is 3. The SMILES string of the molecule is CCCN(CCO)Cc1c(-c2ccccc2)nc2cc(/C=C/C(=O)NO)ccn12. The highest BCUT2D eigenvalue weighted by Gasteiger charge is 2.17. The zero-order valence-electron chi connectivity index (χ0n) is 16.5. The molecular weight excluding hydrogens is 368 g/mol. The number of carbonyl (C=O) groups excluding carboxylic acids is 1. The maximum atomic E-state index is 11.2. The van der Waals surface area contributed by atoms with Crippen molar-refractivity contribution >= 4 is 17.6 Å². The Bertz CT molecular complexity index is 976. The van der Waals surface area contributed by atoms with E-state index in [-0.39, 0.29) is 6.61 Å². The van der Waals surface area contributed by atoms with Crippen LogP contribution in [-0.4, -0.2) is 50.2 Å². The lowest BCUT2D eigenvalue weighted by atomic mass is 10.1. The summed E-state index contributed by atoms with van der Waals surface area (Å²) < 4.78 is 2.05. The summed E-state index contributed by atoms with van der Waals surface area (Å²) in [6.07, 6.45) is 5.82. The molecule has 0 aliphatic rings. The summed E-state index contributed by atoms with van der Waals surface area (Å²) in [6.45, 7) is 4.39. The van der Waals surface area contributed by atoms with Crippen molar-refractivity contribution in [1.82, 2.24) is 19.8 Å². The van der Waals surface area contributed by atoms with Crippen LogP contribution in [0.1, 0.15) is 24.6 Å². The number of aromatic nitrogens is 2. The highest BCUT2D eigenvalue weighted by Crippen LogP contribution is 2.26. The first-order valence-electron chi connectivity index (χ1n) is 9.68. The van der Waals surface area contributed by atoms with E-state index in [1.807, 2.05) is 53.1 Å². The molecule has 7 heteroatoms. The number of hydrogen-bond donors (Lipinski definition) is 3. The van der Waals surface area contributed by atoms with E-state index < -0.39 is 5.91 Å². The minimum atomic E-state index is -0.585. The van der Waals surface area contributed by atoms with Crippen LogP contribution in [0.4, 0.5) is 0 Å². The molecule has 0 unspecified atom stereocenters. The molecular formula is C22H26N4O3. The van der Waals surface area contributed by atoms with Gasteiger partial charge >= 0.3 is 0 Å². The molecule has 3 N–H and O–H groups in total. The summed E-state index contributed by atoms with van der Waals surface area (Å²) in [5, 5.41) is 18.1. The van der Waals surface area contributed by atoms with E-state index >= 15 is 0 Å². The van der Waals surface area contributed by atoms with Gasteiger partial charge in [0, 0.05) is 30.9 Å². The van der Waals surface area contributed by atoms with Gasteiger partial charge in [0.15, 0.2) is 0 Å². The van der Waals surface area contributed by atoms with Gasteiger partial charge in [-0.25, -0.2) is 10.5 Å².